The average molecular weight is 413 g/mol. The smallest absolute Gasteiger partial charge is 0.123 e. The Balaban J connectivity index is 1.31. The molecule has 1 atom stereocenters. The lowest BCUT2D eigenvalue weighted by atomic mass is 10.1. The minimum atomic E-state index is -0.254. The summed E-state index contributed by atoms with van der Waals surface area (Å²) in [6.45, 7) is 3.10. The third kappa shape index (κ3) is 4.28. The van der Waals surface area contributed by atoms with Crippen LogP contribution >= 0.6 is 0 Å². The third-order valence-corrected chi connectivity index (χ3v) is 5.98. The summed E-state index contributed by atoms with van der Waals surface area (Å²) in [6.07, 6.45) is 5.02. The fraction of sp³-hybridized carbons (Fsp3) is 0.231. The molecule has 3 heterocycles. The standard InChI is InChI=1S/C26H25FN4/c1-30-18-25(21-10-11-24(28-15-21)20-8-5-9-23(27)14-20)29-26(30)22-12-13-31(17-22)16-19-6-3-2-4-7-19/h2-11,14-15,18,22H,12-13,16-17H2,1H3/t22-/m1/s1. The van der Waals surface area contributed by atoms with Crippen molar-refractivity contribution in [3.8, 4) is 22.5 Å². The van der Waals surface area contributed by atoms with Crippen LogP contribution in [0.2, 0.25) is 0 Å². The quantitative estimate of drug-likeness (QED) is 0.447. The molecule has 0 unspecified atom stereocenters. The van der Waals surface area contributed by atoms with Gasteiger partial charge in [-0.3, -0.25) is 9.88 Å². The van der Waals surface area contributed by atoms with Crippen molar-refractivity contribution < 1.29 is 4.39 Å². The van der Waals surface area contributed by atoms with E-state index in [9.17, 15) is 4.39 Å². The SMILES string of the molecule is Cn1cc(-c2ccc(-c3cccc(F)c3)nc2)nc1[C@@H]1CCN(Cc2ccccc2)C1. The molecule has 0 aliphatic carbocycles. The van der Waals surface area contributed by atoms with Crippen molar-refractivity contribution in [2.24, 2.45) is 7.05 Å². The van der Waals surface area contributed by atoms with Gasteiger partial charge in [0.05, 0.1) is 11.4 Å². The first-order chi connectivity index (χ1) is 15.2. The van der Waals surface area contributed by atoms with Crippen molar-refractivity contribution in [3.05, 3.63) is 96.3 Å². The molecule has 4 aromatic rings. The summed E-state index contributed by atoms with van der Waals surface area (Å²) >= 11 is 0. The molecular weight excluding hydrogens is 387 g/mol. The van der Waals surface area contributed by atoms with E-state index in [0.717, 1.165) is 54.4 Å². The predicted molar refractivity (Wildman–Crippen MR) is 121 cm³/mol. The normalized spacial score (nSPS) is 16.6. The molecule has 0 spiro atoms. The van der Waals surface area contributed by atoms with Gasteiger partial charge in [0.2, 0.25) is 0 Å². The highest BCUT2D eigenvalue weighted by Gasteiger charge is 2.27. The Morgan fingerprint density at radius 3 is 2.61 bits per heavy atom. The number of halogens is 1. The molecule has 156 valence electrons. The number of aryl methyl sites for hydroxylation is 1. The van der Waals surface area contributed by atoms with Gasteiger partial charge in [0.25, 0.3) is 0 Å². The number of benzene rings is 2. The fourth-order valence-corrected chi connectivity index (χ4v) is 4.39. The minimum absolute atomic E-state index is 0.254. The van der Waals surface area contributed by atoms with Gasteiger partial charge in [-0.1, -0.05) is 42.5 Å². The zero-order valence-corrected chi connectivity index (χ0v) is 17.6. The number of likely N-dealkylation sites (tertiary alicyclic amines) is 1. The maximum absolute atomic E-state index is 13.5. The molecule has 1 fully saturated rings. The minimum Gasteiger partial charge on any atom is -0.337 e. The monoisotopic (exact) mass is 412 g/mol. The molecule has 31 heavy (non-hydrogen) atoms. The van der Waals surface area contributed by atoms with Gasteiger partial charge in [-0.25, -0.2) is 9.37 Å². The van der Waals surface area contributed by atoms with E-state index in [-0.39, 0.29) is 5.82 Å². The number of imidazole rings is 1. The van der Waals surface area contributed by atoms with Gasteiger partial charge >= 0.3 is 0 Å². The largest absolute Gasteiger partial charge is 0.337 e. The Labute approximate surface area is 182 Å². The van der Waals surface area contributed by atoms with Gasteiger partial charge in [0, 0.05) is 49.6 Å². The molecule has 0 bridgehead atoms. The van der Waals surface area contributed by atoms with Crippen molar-refractivity contribution in [2.75, 3.05) is 13.1 Å². The lowest BCUT2D eigenvalue weighted by Crippen LogP contribution is -2.20. The predicted octanol–water partition coefficient (Wildman–Crippen LogP) is 5.28. The van der Waals surface area contributed by atoms with E-state index < -0.39 is 0 Å². The van der Waals surface area contributed by atoms with Crippen molar-refractivity contribution in [1.29, 1.82) is 0 Å². The molecular formula is C26H25FN4. The van der Waals surface area contributed by atoms with Crippen LogP contribution in [0.3, 0.4) is 0 Å². The van der Waals surface area contributed by atoms with Crippen LogP contribution in [0.15, 0.2) is 79.1 Å². The van der Waals surface area contributed by atoms with Gasteiger partial charge in [-0.15, -0.1) is 0 Å². The Kier molecular flexibility index (Phi) is 5.35. The van der Waals surface area contributed by atoms with Crippen LogP contribution in [-0.2, 0) is 13.6 Å². The van der Waals surface area contributed by atoms with Crippen molar-refractivity contribution >= 4 is 0 Å². The van der Waals surface area contributed by atoms with Crippen LogP contribution in [0.25, 0.3) is 22.5 Å². The summed E-state index contributed by atoms with van der Waals surface area (Å²) in [5.74, 6) is 1.30. The maximum atomic E-state index is 13.5. The molecule has 0 saturated carbocycles. The molecule has 5 heteroatoms. The first kappa shape index (κ1) is 19.6. The van der Waals surface area contributed by atoms with E-state index in [1.807, 2.05) is 24.4 Å². The number of pyridine rings is 1. The number of nitrogens with zero attached hydrogens (tertiary/aromatic N) is 4. The molecule has 5 rings (SSSR count). The van der Waals surface area contributed by atoms with Crippen molar-refractivity contribution in [3.63, 3.8) is 0 Å². The van der Waals surface area contributed by atoms with E-state index in [1.54, 1.807) is 6.07 Å². The van der Waals surface area contributed by atoms with Crippen LogP contribution in [0.5, 0.6) is 0 Å². The highest BCUT2D eigenvalue weighted by atomic mass is 19.1. The second-order valence-corrected chi connectivity index (χ2v) is 8.24. The highest BCUT2D eigenvalue weighted by Crippen LogP contribution is 2.30. The summed E-state index contributed by atoms with van der Waals surface area (Å²) in [6, 6.07) is 21.1. The van der Waals surface area contributed by atoms with E-state index >= 15 is 0 Å². The molecule has 2 aromatic heterocycles. The summed E-state index contributed by atoms with van der Waals surface area (Å²) in [7, 11) is 2.07. The zero-order chi connectivity index (χ0) is 21.2. The summed E-state index contributed by atoms with van der Waals surface area (Å²) in [5.41, 5.74) is 4.79. The molecule has 2 aromatic carbocycles. The van der Waals surface area contributed by atoms with Gasteiger partial charge < -0.3 is 4.57 Å². The van der Waals surface area contributed by atoms with Crippen LogP contribution in [0.4, 0.5) is 4.39 Å². The van der Waals surface area contributed by atoms with Crippen LogP contribution in [-0.4, -0.2) is 32.5 Å². The Hall–Kier alpha value is -3.31. The first-order valence-corrected chi connectivity index (χ1v) is 10.7. The maximum Gasteiger partial charge on any atom is 0.123 e. The Bertz CT molecular complexity index is 1170. The topological polar surface area (TPSA) is 34.0 Å². The van der Waals surface area contributed by atoms with Gasteiger partial charge in [-0.2, -0.15) is 0 Å². The average Bonchev–Trinajstić information content (AvgIpc) is 3.41. The second-order valence-electron chi connectivity index (χ2n) is 8.24. The van der Waals surface area contributed by atoms with Crippen LogP contribution < -0.4 is 0 Å². The van der Waals surface area contributed by atoms with Gasteiger partial charge in [0.1, 0.15) is 11.6 Å². The summed E-state index contributed by atoms with van der Waals surface area (Å²) in [4.78, 5) is 12.0. The van der Waals surface area contributed by atoms with E-state index in [1.165, 1.54) is 17.7 Å². The third-order valence-electron chi connectivity index (χ3n) is 5.98. The van der Waals surface area contributed by atoms with Crippen molar-refractivity contribution in [2.45, 2.75) is 18.9 Å². The lowest BCUT2D eigenvalue weighted by molar-refractivity contribution is 0.325. The van der Waals surface area contributed by atoms with Crippen LogP contribution in [0, 0.1) is 5.82 Å². The number of hydrogen-bond donors (Lipinski definition) is 0. The molecule has 1 aliphatic heterocycles. The summed E-state index contributed by atoms with van der Waals surface area (Å²) < 4.78 is 15.6. The Morgan fingerprint density at radius 1 is 0.968 bits per heavy atom. The molecule has 0 N–H and O–H groups in total. The first-order valence-electron chi connectivity index (χ1n) is 10.7. The molecule has 1 aliphatic rings. The Morgan fingerprint density at radius 2 is 1.84 bits per heavy atom. The van der Waals surface area contributed by atoms with E-state index in [4.69, 9.17) is 4.98 Å². The fourth-order valence-electron chi connectivity index (χ4n) is 4.39. The van der Waals surface area contributed by atoms with Gasteiger partial charge in [0.15, 0.2) is 0 Å². The number of aromatic nitrogens is 3. The highest BCUT2D eigenvalue weighted by molar-refractivity contribution is 5.64. The number of hydrogen-bond acceptors (Lipinski definition) is 3. The zero-order valence-electron chi connectivity index (χ0n) is 17.6. The number of rotatable bonds is 5. The van der Waals surface area contributed by atoms with Crippen molar-refractivity contribution in [1.82, 2.24) is 19.4 Å². The second kappa shape index (κ2) is 8.44. The molecule has 1 saturated heterocycles. The van der Waals surface area contributed by atoms with Crippen LogP contribution in [0.1, 0.15) is 23.7 Å². The molecule has 4 nitrogen and oxygen atoms in total. The lowest BCUT2D eigenvalue weighted by Gasteiger charge is -2.16. The summed E-state index contributed by atoms with van der Waals surface area (Å²) in [5, 5.41) is 0. The molecule has 0 amide bonds. The van der Waals surface area contributed by atoms with Gasteiger partial charge in [-0.05, 0) is 42.8 Å². The van der Waals surface area contributed by atoms with E-state index in [0.29, 0.717) is 5.92 Å². The van der Waals surface area contributed by atoms with E-state index in [2.05, 4.69) is 58.0 Å². The molecule has 0 radical (unpaired) electrons.